The fourth-order valence-electron chi connectivity index (χ4n) is 2.10. The van der Waals surface area contributed by atoms with Crippen molar-refractivity contribution in [2.24, 2.45) is 0 Å². The molecule has 0 bridgehead atoms. The van der Waals surface area contributed by atoms with Gasteiger partial charge in [0.1, 0.15) is 11.6 Å². The summed E-state index contributed by atoms with van der Waals surface area (Å²) in [6, 6.07) is 13.8. The number of benzene rings is 2. The van der Waals surface area contributed by atoms with Gasteiger partial charge in [0.2, 0.25) is 0 Å². The Morgan fingerprint density at radius 3 is 2.76 bits per heavy atom. The fraction of sp³-hybridized carbons (Fsp3) is 0.294. The largest absolute Gasteiger partial charge is 0.494 e. The number of halogens is 1. The Bertz CT molecular complexity index is 574. The van der Waals surface area contributed by atoms with Crippen LogP contribution in [0.15, 0.2) is 48.5 Å². The normalized spacial score (nSPS) is 12.1. The second-order valence-corrected chi connectivity index (χ2v) is 4.78. The highest BCUT2D eigenvalue weighted by molar-refractivity contribution is 5.28. The molecule has 0 aliphatic carbocycles. The van der Waals surface area contributed by atoms with E-state index in [1.165, 1.54) is 12.1 Å². The third kappa shape index (κ3) is 4.85. The highest BCUT2D eigenvalue weighted by atomic mass is 19.1. The Labute approximate surface area is 124 Å². The molecule has 0 fully saturated rings. The molecule has 0 radical (unpaired) electrons. The number of aliphatic hydroxyl groups excluding tert-OH is 1. The van der Waals surface area contributed by atoms with Gasteiger partial charge >= 0.3 is 0 Å². The molecule has 0 aromatic heterocycles. The molecule has 0 spiro atoms. The van der Waals surface area contributed by atoms with E-state index in [2.05, 4.69) is 5.32 Å². The maximum Gasteiger partial charge on any atom is 0.123 e. The lowest BCUT2D eigenvalue weighted by Crippen LogP contribution is -2.21. The molecule has 0 heterocycles. The molecule has 0 saturated heterocycles. The van der Waals surface area contributed by atoms with E-state index in [0.29, 0.717) is 25.3 Å². The predicted molar refractivity (Wildman–Crippen MR) is 80.7 cm³/mol. The van der Waals surface area contributed by atoms with Crippen molar-refractivity contribution in [1.29, 1.82) is 0 Å². The van der Waals surface area contributed by atoms with Crippen LogP contribution in [0, 0.1) is 5.82 Å². The van der Waals surface area contributed by atoms with Gasteiger partial charge in [0.15, 0.2) is 0 Å². The molecule has 0 saturated carbocycles. The van der Waals surface area contributed by atoms with Crippen molar-refractivity contribution in [2.75, 3.05) is 13.2 Å². The molecule has 0 amide bonds. The number of hydrogen-bond donors (Lipinski definition) is 2. The van der Waals surface area contributed by atoms with Gasteiger partial charge in [-0.3, -0.25) is 0 Å². The van der Waals surface area contributed by atoms with Gasteiger partial charge in [0, 0.05) is 13.1 Å². The molecule has 4 heteroatoms. The second-order valence-electron chi connectivity index (χ2n) is 4.78. The molecule has 2 aromatic rings. The van der Waals surface area contributed by atoms with Crippen LogP contribution in [0.3, 0.4) is 0 Å². The van der Waals surface area contributed by atoms with Crippen molar-refractivity contribution in [3.63, 3.8) is 0 Å². The van der Waals surface area contributed by atoms with Crippen LogP contribution in [0.4, 0.5) is 4.39 Å². The third-order valence-corrected chi connectivity index (χ3v) is 3.11. The summed E-state index contributed by atoms with van der Waals surface area (Å²) in [7, 11) is 0. The topological polar surface area (TPSA) is 41.5 Å². The first kappa shape index (κ1) is 15.5. The van der Waals surface area contributed by atoms with Crippen molar-refractivity contribution in [2.45, 2.75) is 19.6 Å². The molecule has 1 unspecified atom stereocenters. The van der Waals surface area contributed by atoms with Crippen LogP contribution in [0.1, 0.15) is 24.2 Å². The van der Waals surface area contributed by atoms with E-state index in [0.717, 1.165) is 11.3 Å². The van der Waals surface area contributed by atoms with Crippen LogP contribution in [-0.2, 0) is 6.54 Å². The smallest absolute Gasteiger partial charge is 0.123 e. The van der Waals surface area contributed by atoms with Crippen molar-refractivity contribution in [3.05, 3.63) is 65.5 Å². The van der Waals surface area contributed by atoms with Gasteiger partial charge in [-0.2, -0.15) is 0 Å². The first-order chi connectivity index (χ1) is 10.2. The fourth-order valence-corrected chi connectivity index (χ4v) is 2.10. The van der Waals surface area contributed by atoms with E-state index in [-0.39, 0.29) is 5.82 Å². The Balaban J connectivity index is 1.85. The molecular formula is C17H20FNO2. The molecule has 2 aromatic carbocycles. The molecule has 2 N–H and O–H groups in total. The Morgan fingerprint density at radius 1 is 1.19 bits per heavy atom. The quantitative estimate of drug-likeness (QED) is 0.823. The number of rotatable bonds is 7. The zero-order chi connectivity index (χ0) is 15.1. The highest BCUT2D eigenvalue weighted by Crippen LogP contribution is 2.15. The third-order valence-electron chi connectivity index (χ3n) is 3.11. The van der Waals surface area contributed by atoms with Crippen molar-refractivity contribution in [3.8, 4) is 5.75 Å². The SMILES string of the molecule is CCOc1cccc(CNCC(O)c2cccc(F)c2)c1. The molecule has 0 aliphatic heterocycles. The van der Waals surface area contributed by atoms with E-state index in [1.54, 1.807) is 12.1 Å². The number of nitrogens with one attached hydrogen (secondary N) is 1. The minimum atomic E-state index is -0.726. The molecular weight excluding hydrogens is 269 g/mol. The molecule has 3 nitrogen and oxygen atoms in total. The number of hydrogen-bond acceptors (Lipinski definition) is 3. The van der Waals surface area contributed by atoms with Gasteiger partial charge in [0.05, 0.1) is 12.7 Å². The molecule has 21 heavy (non-hydrogen) atoms. The monoisotopic (exact) mass is 289 g/mol. The summed E-state index contributed by atoms with van der Waals surface area (Å²) < 4.78 is 18.5. The highest BCUT2D eigenvalue weighted by Gasteiger charge is 2.07. The van der Waals surface area contributed by atoms with Gasteiger partial charge < -0.3 is 15.2 Å². The van der Waals surface area contributed by atoms with Crippen LogP contribution < -0.4 is 10.1 Å². The summed E-state index contributed by atoms with van der Waals surface area (Å²) in [6.07, 6.45) is -0.726. The van der Waals surface area contributed by atoms with Crippen LogP contribution in [0.2, 0.25) is 0 Å². The van der Waals surface area contributed by atoms with Crippen molar-refractivity contribution < 1.29 is 14.2 Å². The van der Waals surface area contributed by atoms with E-state index in [1.807, 2.05) is 31.2 Å². The Morgan fingerprint density at radius 2 is 2.00 bits per heavy atom. The second kappa shape index (κ2) is 7.76. The number of ether oxygens (including phenoxy) is 1. The molecule has 0 aliphatic rings. The first-order valence-corrected chi connectivity index (χ1v) is 7.05. The molecule has 2 rings (SSSR count). The Hall–Kier alpha value is -1.91. The lowest BCUT2D eigenvalue weighted by atomic mass is 10.1. The predicted octanol–water partition coefficient (Wildman–Crippen LogP) is 3.05. The van der Waals surface area contributed by atoms with E-state index < -0.39 is 6.10 Å². The van der Waals surface area contributed by atoms with Gasteiger partial charge in [-0.15, -0.1) is 0 Å². The summed E-state index contributed by atoms with van der Waals surface area (Å²) in [5.41, 5.74) is 1.65. The average Bonchev–Trinajstić information content (AvgIpc) is 2.48. The van der Waals surface area contributed by atoms with Gasteiger partial charge in [0.25, 0.3) is 0 Å². The van der Waals surface area contributed by atoms with E-state index in [4.69, 9.17) is 4.74 Å². The van der Waals surface area contributed by atoms with Crippen LogP contribution in [0.5, 0.6) is 5.75 Å². The van der Waals surface area contributed by atoms with Crippen molar-refractivity contribution >= 4 is 0 Å². The average molecular weight is 289 g/mol. The summed E-state index contributed by atoms with van der Waals surface area (Å²) in [5, 5.41) is 13.2. The summed E-state index contributed by atoms with van der Waals surface area (Å²) in [5.74, 6) is 0.499. The van der Waals surface area contributed by atoms with Crippen LogP contribution in [0.25, 0.3) is 0 Å². The maximum atomic E-state index is 13.1. The molecule has 1 atom stereocenters. The standard InChI is InChI=1S/C17H20FNO2/c1-2-21-16-8-3-5-13(9-16)11-19-12-17(20)14-6-4-7-15(18)10-14/h3-10,17,19-20H,2,11-12H2,1H3. The summed E-state index contributed by atoms with van der Waals surface area (Å²) >= 11 is 0. The number of aliphatic hydroxyl groups is 1. The lowest BCUT2D eigenvalue weighted by molar-refractivity contribution is 0.174. The summed E-state index contributed by atoms with van der Waals surface area (Å²) in [4.78, 5) is 0. The zero-order valence-electron chi connectivity index (χ0n) is 12.1. The zero-order valence-corrected chi connectivity index (χ0v) is 12.1. The first-order valence-electron chi connectivity index (χ1n) is 7.05. The van der Waals surface area contributed by atoms with Crippen molar-refractivity contribution in [1.82, 2.24) is 5.32 Å². The minimum Gasteiger partial charge on any atom is -0.494 e. The van der Waals surface area contributed by atoms with E-state index >= 15 is 0 Å². The van der Waals surface area contributed by atoms with Gasteiger partial charge in [-0.1, -0.05) is 24.3 Å². The minimum absolute atomic E-state index is 0.337. The van der Waals surface area contributed by atoms with Gasteiger partial charge in [-0.05, 0) is 42.3 Å². The molecule has 112 valence electrons. The van der Waals surface area contributed by atoms with Crippen LogP contribution in [-0.4, -0.2) is 18.3 Å². The van der Waals surface area contributed by atoms with E-state index in [9.17, 15) is 9.50 Å². The lowest BCUT2D eigenvalue weighted by Gasteiger charge is -2.13. The van der Waals surface area contributed by atoms with Gasteiger partial charge in [-0.25, -0.2) is 4.39 Å². The Kier molecular flexibility index (Phi) is 5.72. The summed E-state index contributed by atoms with van der Waals surface area (Å²) in [6.45, 7) is 3.56. The van der Waals surface area contributed by atoms with Crippen LogP contribution >= 0.6 is 0 Å². The maximum absolute atomic E-state index is 13.1.